The van der Waals surface area contributed by atoms with Gasteiger partial charge in [-0.1, -0.05) is 13.8 Å². The van der Waals surface area contributed by atoms with Crippen LogP contribution in [0.2, 0.25) is 0 Å². The summed E-state index contributed by atoms with van der Waals surface area (Å²) < 4.78 is 3.89. The van der Waals surface area contributed by atoms with E-state index < -0.39 is 0 Å². The van der Waals surface area contributed by atoms with Crippen LogP contribution in [0.4, 0.5) is 0 Å². The van der Waals surface area contributed by atoms with Gasteiger partial charge in [0.15, 0.2) is 0 Å². The lowest BCUT2D eigenvalue weighted by atomic mass is 10.1. The largest absolute Gasteiger partial charge is 0.315 e. The molecule has 0 bridgehead atoms. The van der Waals surface area contributed by atoms with E-state index in [4.69, 9.17) is 0 Å². The summed E-state index contributed by atoms with van der Waals surface area (Å²) in [7, 11) is 0. The first-order valence-corrected chi connectivity index (χ1v) is 9.87. The van der Waals surface area contributed by atoms with Crippen molar-refractivity contribution >= 4 is 17.3 Å². The number of nitriles is 1. The number of piperidine rings is 1. The Morgan fingerprint density at radius 1 is 1.27 bits per heavy atom. The second kappa shape index (κ2) is 7.14. The number of nitrogens with one attached hydrogen (secondary N) is 1. The molecule has 1 atom stereocenters. The summed E-state index contributed by atoms with van der Waals surface area (Å²) in [5.41, 5.74) is 3.66. The van der Waals surface area contributed by atoms with Crippen LogP contribution in [0.3, 0.4) is 0 Å². The zero-order valence-corrected chi connectivity index (χ0v) is 15.8. The Morgan fingerprint density at radius 3 is 2.88 bits per heavy atom. The van der Waals surface area contributed by atoms with Gasteiger partial charge in [-0.3, -0.25) is 4.68 Å². The third-order valence-electron chi connectivity index (χ3n) is 4.64. The minimum absolute atomic E-state index is 0.417. The quantitative estimate of drug-likeness (QED) is 0.716. The molecule has 0 amide bonds. The van der Waals surface area contributed by atoms with Gasteiger partial charge in [0.2, 0.25) is 0 Å². The second-order valence-corrected chi connectivity index (χ2v) is 8.55. The van der Waals surface area contributed by atoms with Gasteiger partial charge in [0.05, 0.1) is 29.5 Å². The molecule has 4 rings (SSSR count). The first-order valence-electron chi connectivity index (χ1n) is 8.99. The first-order chi connectivity index (χ1) is 12.7. The fraction of sp³-hybridized carbons (Fsp3) is 0.421. The fourth-order valence-electron chi connectivity index (χ4n) is 3.41. The summed E-state index contributed by atoms with van der Waals surface area (Å²) >= 11 is 1.76. The van der Waals surface area contributed by atoms with E-state index in [1.54, 1.807) is 18.0 Å². The molecule has 6 nitrogen and oxygen atoms in total. The number of aromatic nitrogens is 4. The third-order valence-corrected chi connectivity index (χ3v) is 5.68. The van der Waals surface area contributed by atoms with E-state index in [1.165, 1.54) is 6.42 Å². The van der Waals surface area contributed by atoms with Crippen LogP contribution in [0, 0.1) is 11.3 Å². The number of rotatable bonds is 4. The van der Waals surface area contributed by atoms with Gasteiger partial charge in [-0.25, -0.2) is 4.52 Å². The normalized spacial score (nSPS) is 17.7. The fourth-order valence-corrected chi connectivity index (χ4v) is 4.43. The van der Waals surface area contributed by atoms with Gasteiger partial charge in [0, 0.05) is 40.2 Å². The van der Waals surface area contributed by atoms with Crippen molar-refractivity contribution < 1.29 is 0 Å². The Bertz CT molecular complexity index is 958. The Morgan fingerprint density at radius 2 is 2.15 bits per heavy atom. The van der Waals surface area contributed by atoms with E-state index in [2.05, 4.69) is 52.4 Å². The van der Waals surface area contributed by atoms with Gasteiger partial charge < -0.3 is 5.32 Å². The second-order valence-electron chi connectivity index (χ2n) is 6.93. The molecule has 1 aliphatic rings. The van der Waals surface area contributed by atoms with E-state index in [0.717, 1.165) is 41.0 Å². The molecule has 0 spiro atoms. The smallest absolute Gasteiger partial charge is 0.103 e. The van der Waals surface area contributed by atoms with Crippen molar-refractivity contribution in [3.63, 3.8) is 0 Å². The SMILES string of the molecule is CC(C)Sc1cc(-c2cnn(C3CCCNC3)c2)cn2ncc(C#N)c12. The molecule has 0 radical (unpaired) electrons. The van der Waals surface area contributed by atoms with Crippen LogP contribution in [0.1, 0.15) is 38.3 Å². The van der Waals surface area contributed by atoms with Gasteiger partial charge >= 0.3 is 0 Å². The first kappa shape index (κ1) is 17.1. The molecule has 3 aromatic heterocycles. The predicted octanol–water partition coefficient (Wildman–Crippen LogP) is 3.49. The van der Waals surface area contributed by atoms with Crippen molar-refractivity contribution in [1.29, 1.82) is 5.26 Å². The molecular weight excluding hydrogens is 344 g/mol. The third kappa shape index (κ3) is 3.22. The zero-order valence-electron chi connectivity index (χ0n) is 15.0. The van der Waals surface area contributed by atoms with Crippen LogP contribution in [-0.4, -0.2) is 37.7 Å². The Labute approximate surface area is 157 Å². The number of thioether (sulfide) groups is 1. The minimum atomic E-state index is 0.417. The Kier molecular flexibility index (Phi) is 4.70. The van der Waals surface area contributed by atoms with Gasteiger partial charge in [-0.15, -0.1) is 11.8 Å². The number of nitrogens with zero attached hydrogens (tertiary/aromatic N) is 5. The lowest BCUT2D eigenvalue weighted by molar-refractivity contribution is 0.347. The maximum Gasteiger partial charge on any atom is 0.103 e. The van der Waals surface area contributed by atoms with Crippen LogP contribution in [-0.2, 0) is 0 Å². The standard InChI is InChI=1S/C19H22N6S/c1-13(2)26-18-6-14(11-25-19(18)15(7-20)8-23-25)16-9-22-24(12-16)17-4-3-5-21-10-17/h6,8-9,11-13,17,21H,3-5,10H2,1-2H3. The number of hydrogen-bond acceptors (Lipinski definition) is 5. The molecule has 134 valence electrons. The minimum Gasteiger partial charge on any atom is -0.315 e. The molecule has 0 aromatic carbocycles. The van der Waals surface area contributed by atoms with Crippen molar-refractivity contribution in [2.45, 2.75) is 42.9 Å². The van der Waals surface area contributed by atoms with Crippen LogP contribution >= 0.6 is 11.8 Å². The number of hydrogen-bond donors (Lipinski definition) is 1. The lowest BCUT2D eigenvalue weighted by Crippen LogP contribution is -2.31. The van der Waals surface area contributed by atoms with Crippen molar-refractivity contribution in [2.75, 3.05) is 13.1 Å². The molecule has 26 heavy (non-hydrogen) atoms. The van der Waals surface area contributed by atoms with Gasteiger partial charge in [-0.05, 0) is 25.5 Å². The van der Waals surface area contributed by atoms with E-state index in [0.29, 0.717) is 16.9 Å². The molecule has 0 aliphatic carbocycles. The average molecular weight is 366 g/mol. The van der Waals surface area contributed by atoms with Crippen LogP contribution < -0.4 is 5.32 Å². The molecule has 1 unspecified atom stereocenters. The molecule has 7 heteroatoms. The predicted molar refractivity (Wildman–Crippen MR) is 103 cm³/mol. The maximum absolute atomic E-state index is 9.39. The van der Waals surface area contributed by atoms with Crippen molar-refractivity contribution in [3.05, 3.63) is 36.4 Å². The molecule has 0 saturated carbocycles. The van der Waals surface area contributed by atoms with Crippen molar-refractivity contribution in [1.82, 2.24) is 24.7 Å². The Balaban J connectivity index is 1.75. The van der Waals surface area contributed by atoms with Gasteiger partial charge in [-0.2, -0.15) is 15.5 Å². The summed E-state index contributed by atoms with van der Waals surface area (Å²) in [4.78, 5) is 1.08. The highest BCUT2D eigenvalue weighted by Gasteiger charge is 2.18. The summed E-state index contributed by atoms with van der Waals surface area (Å²) in [6.07, 6.45) is 10.0. The van der Waals surface area contributed by atoms with E-state index in [-0.39, 0.29) is 0 Å². The summed E-state index contributed by atoms with van der Waals surface area (Å²) in [5, 5.41) is 22.2. The number of pyridine rings is 1. The summed E-state index contributed by atoms with van der Waals surface area (Å²) in [5.74, 6) is 0. The zero-order chi connectivity index (χ0) is 18.1. The highest BCUT2D eigenvalue weighted by Crippen LogP contribution is 2.33. The average Bonchev–Trinajstić information content (AvgIpc) is 3.29. The van der Waals surface area contributed by atoms with Gasteiger partial charge in [0.1, 0.15) is 6.07 Å². The van der Waals surface area contributed by atoms with Crippen molar-refractivity contribution in [3.8, 4) is 17.2 Å². The van der Waals surface area contributed by atoms with Gasteiger partial charge in [0.25, 0.3) is 0 Å². The van der Waals surface area contributed by atoms with E-state index in [9.17, 15) is 5.26 Å². The summed E-state index contributed by atoms with van der Waals surface area (Å²) in [6.45, 7) is 6.38. The molecule has 4 heterocycles. The van der Waals surface area contributed by atoms with Crippen LogP contribution in [0.25, 0.3) is 16.6 Å². The van der Waals surface area contributed by atoms with E-state index in [1.807, 2.05) is 16.9 Å². The highest BCUT2D eigenvalue weighted by molar-refractivity contribution is 8.00. The molecule has 1 aliphatic heterocycles. The molecule has 1 N–H and O–H groups in total. The highest BCUT2D eigenvalue weighted by atomic mass is 32.2. The maximum atomic E-state index is 9.39. The summed E-state index contributed by atoms with van der Waals surface area (Å²) in [6, 6.07) is 4.82. The molecule has 1 saturated heterocycles. The van der Waals surface area contributed by atoms with Crippen LogP contribution in [0.15, 0.2) is 35.7 Å². The van der Waals surface area contributed by atoms with Crippen LogP contribution in [0.5, 0.6) is 0 Å². The topological polar surface area (TPSA) is 70.9 Å². The number of fused-ring (bicyclic) bond motifs is 1. The Hall–Kier alpha value is -2.30. The van der Waals surface area contributed by atoms with Crippen molar-refractivity contribution in [2.24, 2.45) is 0 Å². The molecule has 3 aromatic rings. The lowest BCUT2D eigenvalue weighted by Gasteiger charge is -2.22. The molecule has 1 fully saturated rings. The van der Waals surface area contributed by atoms with E-state index >= 15 is 0 Å². The monoisotopic (exact) mass is 366 g/mol. The molecular formula is C19H22N6S.